The Morgan fingerprint density at radius 1 is 1.24 bits per heavy atom. The summed E-state index contributed by atoms with van der Waals surface area (Å²) in [5.41, 5.74) is 8.93. The number of amides is 1. The van der Waals surface area contributed by atoms with Gasteiger partial charge in [0.2, 0.25) is 0 Å². The van der Waals surface area contributed by atoms with Crippen molar-refractivity contribution in [2.75, 3.05) is 29.6 Å². The molecular formula is C20H25N3O2. The van der Waals surface area contributed by atoms with E-state index in [0.717, 1.165) is 30.8 Å². The minimum atomic E-state index is -0.171. The van der Waals surface area contributed by atoms with Gasteiger partial charge in [-0.1, -0.05) is 6.07 Å². The van der Waals surface area contributed by atoms with E-state index in [-0.39, 0.29) is 5.91 Å². The fourth-order valence-electron chi connectivity index (χ4n) is 3.32. The van der Waals surface area contributed by atoms with E-state index in [1.807, 2.05) is 24.3 Å². The molecule has 0 aromatic heterocycles. The van der Waals surface area contributed by atoms with Gasteiger partial charge >= 0.3 is 0 Å². The van der Waals surface area contributed by atoms with Gasteiger partial charge in [-0.2, -0.15) is 0 Å². The maximum atomic E-state index is 12.7. The molecule has 3 N–H and O–H groups in total. The highest BCUT2D eigenvalue weighted by Gasteiger charge is 2.22. The first kappa shape index (κ1) is 17.1. The highest BCUT2D eigenvalue weighted by atomic mass is 16.5. The second kappa shape index (κ2) is 7.47. The van der Waals surface area contributed by atoms with Gasteiger partial charge in [0.05, 0.1) is 18.5 Å². The first-order valence-electron chi connectivity index (χ1n) is 8.70. The zero-order valence-electron chi connectivity index (χ0n) is 14.8. The molecule has 0 spiro atoms. The lowest BCUT2D eigenvalue weighted by atomic mass is 10.0. The maximum Gasteiger partial charge on any atom is 0.255 e. The van der Waals surface area contributed by atoms with Gasteiger partial charge in [0.25, 0.3) is 5.91 Å². The first-order chi connectivity index (χ1) is 12.1. The third-order valence-electron chi connectivity index (χ3n) is 4.71. The van der Waals surface area contributed by atoms with Crippen LogP contribution in [0.2, 0.25) is 0 Å². The van der Waals surface area contributed by atoms with E-state index >= 15 is 0 Å². The van der Waals surface area contributed by atoms with Crippen LogP contribution in [-0.2, 0) is 0 Å². The molecule has 0 saturated carbocycles. The fourth-order valence-corrected chi connectivity index (χ4v) is 3.32. The number of rotatable bonds is 4. The van der Waals surface area contributed by atoms with Crippen LogP contribution < -0.4 is 20.7 Å². The summed E-state index contributed by atoms with van der Waals surface area (Å²) < 4.78 is 5.20. The molecule has 1 unspecified atom stereocenters. The van der Waals surface area contributed by atoms with Gasteiger partial charge in [0.15, 0.2) is 0 Å². The number of benzene rings is 2. The van der Waals surface area contributed by atoms with Gasteiger partial charge in [-0.15, -0.1) is 0 Å². The second-order valence-electron chi connectivity index (χ2n) is 6.50. The van der Waals surface area contributed by atoms with Gasteiger partial charge in [-0.3, -0.25) is 4.79 Å². The fraction of sp³-hybridized carbons (Fsp3) is 0.350. The molecule has 25 heavy (non-hydrogen) atoms. The topological polar surface area (TPSA) is 67.6 Å². The van der Waals surface area contributed by atoms with E-state index in [4.69, 9.17) is 10.5 Å². The monoisotopic (exact) mass is 339 g/mol. The normalized spacial score (nSPS) is 17.2. The second-order valence-corrected chi connectivity index (χ2v) is 6.50. The number of piperidine rings is 1. The molecule has 5 nitrogen and oxygen atoms in total. The number of carbonyl (C=O) groups excluding carboxylic acids is 1. The molecule has 1 amide bonds. The molecule has 5 heteroatoms. The summed E-state index contributed by atoms with van der Waals surface area (Å²) in [6.45, 7) is 3.22. The molecule has 0 radical (unpaired) electrons. The number of nitrogen functional groups attached to an aromatic ring is 1. The van der Waals surface area contributed by atoms with Crippen LogP contribution in [0.1, 0.15) is 36.5 Å². The smallest absolute Gasteiger partial charge is 0.255 e. The number of hydrogen-bond acceptors (Lipinski definition) is 4. The summed E-state index contributed by atoms with van der Waals surface area (Å²) in [5, 5.41) is 3.02. The molecule has 3 rings (SSSR count). The molecule has 132 valence electrons. The SMILES string of the molecule is COc1cccc(C(=O)Nc2cc(N)ccc2N2CCCCC2C)c1. The van der Waals surface area contributed by atoms with Crippen molar-refractivity contribution < 1.29 is 9.53 Å². The summed E-state index contributed by atoms with van der Waals surface area (Å²) in [6, 6.07) is 13.3. The van der Waals surface area contributed by atoms with Gasteiger partial charge in [0.1, 0.15) is 5.75 Å². The summed E-state index contributed by atoms with van der Waals surface area (Å²) in [6.07, 6.45) is 3.57. The standard InChI is InChI=1S/C20H25N3O2/c1-14-6-3-4-11-23(14)19-10-9-16(21)13-18(19)22-20(24)15-7-5-8-17(12-15)25-2/h5,7-10,12-14H,3-4,6,11,21H2,1-2H3,(H,22,24). The lowest BCUT2D eigenvalue weighted by Crippen LogP contribution is -2.38. The predicted octanol–water partition coefficient (Wildman–Crippen LogP) is 3.91. The molecule has 1 saturated heterocycles. The third-order valence-corrected chi connectivity index (χ3v) is 4.71. The molecule has 1 heterocycles. The number of ether oxygens (including phenoxy) is 1. The zero-order valence-corrected chi connectivity index (χ0v) is 14.8. The summed E-state index contributed by atoms with van der Waals surface area (Å²) in [5.74, 6) is 0.487. The lowest BCUT2D eigenvalue weighted by molar-refractivity contribution is 0.102. The number of methoxy groups -OCH3 is 1. The summed E-state index contributed by atoms with van der Waals surface area (Å²) in [4.78, 5) is 15.0. The van der Waals surface area contributed by atoms with Gasteiger partial charge < -0.3 is 20.7 Å². The van der Waals surface area contributed by atoms with Crippen LogP contribution in [0.15, 0.2) is 42.5 Å². The number of anilines is 3. The van der Waals surface area contributed by atoms with Crippen LogP contribution >= 0.6 is 0 Å². The van der Waals surface area contributed by atoms with Crippen molar-refractivity contribution in [3.63, 3.8) is 0 Å². The van der Waals surface area contributed by atoms with E-state index in [1.165, 1.54) is 6.42 Å². The van der Waals surface area contributed by atoms with Crippen molar-refractivity contribution in [1.82, 2.24) is 0 Å². The quantitative estimate of drug-likeness (QED) is 0.829. The van der Waals surface area contributed by atoms with E-state index in [9.17, 15) is 4.79 Å². The Bertz CT molecular complexity index is 760. The Kier molecular flexibility index (Phi) is 5.12. The van der Waals surface area contributed by atoms with Crippen molar-refractivity contribution in [2.45, 2.75) is 32.2 Å². The van der Waals surface area contributed by atoms with Crippen LogP contribution in [0, 0.1) is 0 Å². The molecule has 2 aromatic rings. The average Bonchev–Trinajstić information content (AvgIpc) is 2.63. The largest absolute Gasteiger partial charge is 0.497 e. The van der Waals surface area contributed by atoms with Crippen LogP contribution in [0.4, 0.5) is 17.1 Å². The van der Waals surface area contributed by atoms with Crippen LogP contribution in [-0.4, -0.2) is 25.6 Å². The Balaban J connectivity index is 1.88. The summed E-state index contributed by atoms with van der Waals surface area (Å²) in [7, 11) is 1.59. The molecule has 2 aromatic carbocycles. The van der Waals surface area contributed by atoms with Crippen molar-refractivity contribution in [1.29, 1.82) is 0 Å². The van der Waals surface area contributed by atoms with Gasteiger partial charge in [-0.25, -0.2) is 0 Å². The molecule has 1 aliphatic rings. The van der Waals surface area contributed by atoms with Gasteiger partial charge in [0, 0.05) is 23.8 Å². The highest BCUT2D eigenvalue weighted by molar-refractivity contribution is 6.06. The molecule has 0 bridgehead atoms. The minimum absolute atomic E-state index is 0.171. The Labute approximate surface area is 148 Å². The number of nitrogens with one attached hydrogen (secondary N) is 1. The summed E-state index contributed by atoms with van der Waals surface area (Å²) >= 11 is 0. The number of nitrogens with two attached hydrogens (primary N) is 1. The van der Waals surface area contributed by atoms with Crippen molar-refractivity contribution in [2.24, 2.45) is 0 Å². The maximum absolute atomic E-state index is 12.7. The van der Waals surface area contributed by atoms with Crippen molar-refractivity contribution >= 4 is 23.0 Å². The van der Waals surface area contributed by atoms with E-state index in [0.29, 0.717) is 23.0 Å². The Morgan fingerprint density at radius 3 is 2.84 bits per heavy atom. The molecule has 1 atom stereocenters. The van der Waals surface area contributed by atoms with Gasteiger partial charge in [-0.05, 0) is 62.6 Å². The average molecular weight is 339 g/mol. The van der Waals surface area contributed by atoms with E-state index in [1.54, 1.807) is 25.3 Å². The van der Waals surface area contributed by atoms with E-state index < -0.39 is 0 Å². The molecule has 1 aliphatic heterocycles. The number of carbonyl (C=O) groups is 1. The molecule has 1 fully saturated rings. The number of hydrogen-bond donors (Lipinski definition) is 2. The molecular weight excluding hydrogens is 314 g/mol. The predicted molar refractivity (Wildman–Crippen MR) is 102 cm³/mol. The van der Waals surface area contributed by atoms with Crippen LogP contribution in [0.25, 0.3) is 0 Å². The van der Waals surface area contributed by atoms with Crippen molar-refractivity contribution in [3.8, 4) is 5.75 Å². The Morgan fingerprint density at radius 2 is 2.08 bits per heavy atom. The Hall–Kier alpha value is -2.69. The van der Waals surface area contributed by atoms with E-state index in [2.05, 4.69) is 17.1 Å². The third kappa shape index (κ3) is 3.87. The first-order valence-corrected chi connectivity index (χ1v) is 8.70. The minimum Gasteiger partial charge on any atom is -0.497 e. The highest BCUT2D eigenvalue weighted by Crippen LogP contribution is 2.33. The zero-order chi connectivity index (χ0) is 17.8. The molecule has 0 aliphatic carbocycles. The van der Waals surface area contributed by atoms with Crippen molar-refractivity contribution in [3.05, 3.63) is 48.0 Å². The lowest BCUT2D eigenvalue weighted by Gasteiger charge is -2.36. The van der Waals surface area contributed by atoms with Crippen LogP contribution in [0.5, 0.6) is 5.75 Å². The number of nitrogens with zero attached hydrogens (tertiary/aromatic N) is 1. The van der Waals surface area contributed by atoms with Crippen LogP contribution in [0.3, 0.4) is 0 Å².